The molecule has 0 saturated carbocycles. The molecule has 2 aliphatic heterocycles. The molecule has 3 nitrogen and oxygen atoms in total. The van der Waals surface area contributed by atoms with Crippen LogP contribution in [-0.2, 0) is 4.79 Å². The van der Waals surface area contributed by atoms with Crippen LogP contribution in [0, 0.1) is 5.41 Å². The van der Waals surface area contributed by atoms with E-state index < -0.39 is 0 Å². The molecule has 0 spiro atoms. The predicted octanol–water partition coefficient (Wildman–Crippen LogP) is 1.42. The van der Waals surface area contributed by atoms with E-state index >= 15 is 0 Å². The molecule has 1 unspecified atom stereocenters. The van der Waals surface area contributed by atoms with Gasteiger partial charge in [0.2, 0.25) is 5.91 Å². The Bertz CT molecular complexity index is 259. The van der Waals surface area contributed by atoms with Gasteiger partial charge in [-0.1, -0.05) is 0 Å². The molecule has 88 valence electrons. The molecular formula is C11H21ClN2O. The minimum Gasteiger partial charge on any atom is -0.337 e. The largest absolute Gasteiger partial charge is 0.337 e. The maximum atomic E-state index is 12.3. The molecule has 2 aliphatic rings. The molecule has 0 aliphatic carbocycles. The Hall–Kier alpha value is -0.280. The molecule has 0 aromatic rings. The van der Waals surface area contributed by atoms with E-state index in [0.717, 1.165) is 32.5 Å². The third-order valence-corrected chi connectivity index (χ3v) is 3.81. The van der Waals surface area contributed by atoms with Crippen molar-refractivity contribution in [2.75, 3.05) is 19.6 Å². The zero-order valence-corrected chi connectivity index (χ0v) is 10.6. The Balaban J connectivity index is 0.00000112. The Morgan fingerprint density at radius 3 is 2.27 bits per heavy atom. The summed E-state index contributed by atoms with van der Waals surface area (Å²) in [5, 5.41) is 3.28. The van der Waals surface area contributed by atoms with Gasteiger partial charge in [0, 0.05) is 18.6 Å². The summed E-state index contributed by atoms with van der Waals surface area (Å²) < 4.78 is 0. The summed E-state index contributed by atoms with van der Waals surface area (Å²) in [6, 6.07) is 0. The second kappa shape index (κ2) is 3.95. The Kier molecular flexibility index (Phi) is 3.36. The molecule has 2 fully saturated rings. The first-order valence-corrected chi connectivity index (χ1v) is 5.49. The predicted molar refractivity (Wildman–Crippen MR) is 63.3 cm³/mol. The smallest absolute Gasteiger partial charge is 0.230 e. The van der Waals surface area contributed by atoms with E-state index in [1.807, 2.05) is 4.90 Å². The number of carbonyl (C=O) groups excluding carboxylic acids is 1. The van der Waals surface area contributed by atoms with Crippen LogP contribution >= 0.6 is 12.4 Å². The second-order valence-corrected chi connectivity index (χ2v) is 5.51. The molecule has 2 rings (SSSR count). The zero-order valence-electron chi connectivity index (χ0n) is 9.80. The third-order valence-electron chi connectivity index (χ3n) is 3.81. The van der Waals surface area contributed by atoms with Crippen molar-refractivity contribution in [1.29, 1.82) is 0 Å². The highest BCUT2D eigenvalue weighted by atomic mass is 35.5. The van der Waals surface area contributed by atoms with E-state index in [1.54, 1.807) is 0 Å². The summed E-state index contributed by atoms with van der Waals surface area (Å²) in [6.07, 6.45) is 2.13. The van der Waals surface area contributed by atoms with Crippen molar-refractivity contribution in [3.05, 3.63) is 0 Å². The summed E-state index contributed by atoms with van der Waals surface area (Å²) in [5.41, 5.74) is -0.0413. The van der Waals surface area contributed by atoms with E-state index in [2.05, 4.69) is 26.1 Å². The molecule has 0 radical (unpaired) electrons. The highest BCUT2D eigenvalue weighted by Crippen LogP contribution is 2.36. The van der Waals surface area contributed by atoms with Crippen molar-refractivity contribution in [3.63, 3.8) is 0 Å². The van der Waals surface area contributed by atoms with Gasteiger partial charge in [0.25, 0.3) is 0 Å². The van der Waals surface area contributed by atoms with Crippen LogP contribution in [0.25, 0.3) is 0 Å². The van der Waals surface area contributed by atoms with Gasteiger partial charge in [-0.3, -0.25) is 4.79 Å². The number of rotatable bonds is 1. The molecule has 15 heavy (non-hydrogen) atoms. The van der Waals surface area contributed by atoms with Gasteiger partial charge >= 0.3 is 0 Å². The van der Waals surface area contributed by atoms with Crippen LogP contribution in [0.1, 0.15) is 33.6 Å². The first-order chi connectivity index (χ1) is 6.46. The van der Waals surface area contributed by atoms with Gasteiger partial charge in [0.05, 0.1) is 5.41 Å². The van der Waals surface area contributed by atoms with Crippen LogP contribution in [0.2, 0.25) is 0 Å². The summed E-state index contributed by atoms with van der Waals surface area (Å²) in [7, 11) is 0. The summed E-state index contributed by atoms with van der Waals surface area (Å²) in [6.45, 7) is 9.17. The lowest BCUT2D eigenvalue weighted by Gasteiger charge is -2.51. The quantitative estimate of drug-likeness (QED) is 0.742. The molecule has 0 aromatic carbocycles. The minimum atomic E-state index is -0.141. The number of carbonyl (C=O) groups is 1. The lowest BCUT2D eigenvalue weighted by Crippen LogP contribution is -2.62. The standard InChI is InChI=1S/C11H20N2O.ClH/c1-10(2)5-7-13(10)9(14)11(3)4-6-12-8-11;/h12H,4-8H2,1-3H3;1H. The fourth-order valence-electron chi connectivity index (χ4n) is 2.37. The number of amides is 1. The van der Waals surface area contributed by atoms with E-state index in [4.69, 9.17) is 0 Å². The zero-order chi connectivity index (χ0) is 10.4. The van der Waals surface area contributed by atoms with Crippen LogP contribution in [0.5, 0.6) is 0 Å². The van der Waals surface area contributed by atoms with Crippen molar-refractivity contribution >= 4 is 18.3 Å². The molecule has 1 amide bonds. The van der Waals surface area contributed by atoms with Gasteiger partial charge in [-0.05, 0) is 40.2 Å². The van der Waals surface area contributed by atoms with Gasteiger partial charge in [-0.25, -0.2) is 0 Å². The first kappa shape index (κ1) is 12.8. The Morgan fingerprint density at radius 2 is 1.93 bits per heavy atom. The molecule has 0 aromatic heterocycles. The number of nitrogens with one attached hydrogen (secondary N) is 1. The van der Waals surface area contributed by atoms with Crippen LogP contribution in [0.3, 0.4) is 0 Å². The molecule has 1 N–H and O–H groups in total. The first-order valence-electron chi connectivity index (χ1n) is 5.49. The van der Waals surface area contributed by atoms with Gasteiger partial charge < -0.3 is 10.2 Å². The monoisotopic (exact) mass is 232 g/mol. The van der Waals surface area contributed by atoms with Gasteiger partial charge in [0.1, 0.15) is 0 Å². The summed E-state index contributed by atoms with van der Waals surface area (Å²) in [5.74, 6) is 0.346. The van der Waals surface area contributed by atoms with Crippen molar-refractivity contribution < 1.29 is 4.79 Å². The lowest BCUT2D eigenvalue weighted by molar-refractivity contribution is -0.154. The van der Waals surface area contributed by atoms with Gasteiger partial charge in [-0.15, -0.1) is 12.4 Å². The molecule has 4 heteroatoms. The van der Waals surface area contributed by atoms with Crippen molar-refractivity contribution in [1.82, 2.24) is 10.2 Å². The number of halogens is 1. The molecular weight excluding hydrogens is 212 g/mol. The van der Waals surface area contributed by atoms with Crippen molar-refractivity contribution in [2.24, 2.45) is 5.41 Å². The molecule has 2 heterocycles. The summed E-state index contributed by atoms with van der Waals surface area (Å²) >= 11 is 0. The lowest BCUT2D eigenvalue weighted by atomic mass is 9.81. The Labute approximate surface area is 98.0 Å². The number of hydrogen-bond donors (Lipinski definition) is 1. The average Bonchev–Trinajstić information content (AvgIpc) is 2.52. The summed E-state index contributed by atoms with van der Waals surface area (Å²) in [4.78, 5) is 14.3. The Morgan fingerprint density at radius 1 is 1.27 bits per heavy atom. The number of nitrogens with zero attached hydrogens (tertiary/aromatic N) is 1. The van der Waals surface area contributed by atoms with E-state index in [-0.39, 0.29) is 23.4 Å². The van der Waals surface area contributed by atoms with Crippen molar-refractivity contribution in [3.8, 4) is 0 Å². The molecule has 1 atom stereocenters. The normalized spacial score (nSPS) is 33.1. The maximum Gasteiger partial charge on any atom is 0.230 e. The van der Waals surface area contributed by atoms with Crippen LogP contribution < -0.4 is 5.32 Å². The highest BCUT2D eigenvalue weighted by Gasteiger charge is 2.47. The number of likely N-dealkylation sites (tertiary alicyclic amines) is 1. The molecule has 0 bridgehead atoms. The van der Waals surface area contributed by atoms with E-state index in [0.29, 0.717) is 5.91 Å². The minimum absolute atomic E-state index is 0. The second-order valence-electron chi connectivity index (χ2n) is 5.51. The fourth-order valence-corrected chi connectivity index (χ4v) is 2.37. The van der Waals surface area contributed by atoms with Crippen LogP contribution in [0.15, 0.2) is 0 Å². The van der Waals surface area contributed by atoms with Crippen molar-refractivity contribution in [2.45, 2.75) is 39.2 Å². The van der Waals surface area contributed by atoms with E-state index in [9.17, 15) is 4.79 Å². The van der Waals surface area contributed by atoms with Crippen LogP contribution in [0.4, 0.5) is 0 Å². The SMILES string of the molecule is CC1(C(=O)N2CCC2(C)C)CCNC1.Cl. The fraction of sp³-hybridized carbons (Fsp3) is 0.909. The van der Waals surface area contributed by atoms with Crippen LogP contribution in [-0.4, -0.2) is 36.0 Å². The number of hydrogen-bond acceptors (Lipinski definition) is 2. The molecule has 2 saturated heterocycles. The van der Waals surface area contributed by atoms with Gasteiger partial charge in [-0.2, -0.15) is 0 Å². The van der Waals surface area contributed by atoms with E-state index in [1.165, 1.54) is 0 Å². The third kappa shape index (κ3) is 2.00. The topological polar surface area (TPSA) is 32.3 Å². The average molecular weight is 233 g/mol. The van der Waals surface area contributed by atoms with Gasteiger partial charge in [0.15, 0.2) is 0 Å². The highest BCUT2D eigenvalue weighted by molar-refractivity contribution is 5.85. The maximum absolute atomic E-state index is 12.3.